The highest BCUT2D eigenvalue weighted by molar-refractivity contribution is 5.71. The monoisotopic (exact) mass is 449 g/mol. The van der Waals surface area contributed by atoms with Gasteiger partial charge in [-0.05, 0) is 57.5 Å². The van der Waals surface area contributed by atoms with Crippen LogP contribution in [0.3, 0.4) is 0 Å². The van der Waals surface area contributed by atoms with Crippen LogP contribution in [0.1, 0.15) is 22.4 Å². The van der Waals surface area contributed by atoms with Gasteiger partial charge in [0.1, 0.15) is 0 Å². The third-order valence-electron chi connectivity index (χ3n) is 5.99. The minimum Gasteiger partial charge on any atom is -0.257 e. The molecule has 0 aliphatic rings. The maximum Gasteiger partial charge on any atom is 0.0630 e. The van der Waals surface area contributed by atoms with E-state index in [-0.39, 0.29) is 0 Å². The van der Waals surface area contributed by atoms with Gasteiger partial charge in [0.15, 0.2) is 0 Å². The van der Waals surface area contributed by atoms with Gasteiger partial charge in [-0.3, -0.25) is 4.98 Å². The third-order valence-corrected chi connectivity index (χ3v) is 5.99. The van der Waals surface area contributed by atoms with Gasteiger partial charge in [0.25, 0.3) is 0 Å². The molecule has 1 nitrogen and oxygen atoms in total. The lowest BCUT2D eigenvalue weighted by Gasteiger charge is -2.02. The molecule has 168 valence electrons. The molecule has 0 aliphatic carbocycles. The van der Waals surface area contributed by atoms with Gasteiger partial charge < -0.3 is 0 Å². The Morgan fingerprint density at radius 1 is 0.457 bits per heavy atom. The van der Waals surface area contributed by atoms with Gasteiger partial charge in [-0.15, -0.1) is 0 Å². The minimum absolute atomic E-state index is 0.860. The van der Waals surface area contributed by atoms with Crippen LogP contribution in [-0.2, 0) is 6.42 Å². The molecule has 0 bridgehead atoms. The van der Waals surface area contributed by atoms with Gasteiger partial charge in [0.05, 0.1) is 5.69 Å². The minimum atomic E-state index is 0.860. The fraction of sp³-hybridized carbons (Fsp3) is 0.0294. The van der Waals surface area contributed by atoms with Crippen molar-refractivity contribution in [2.45, 2.75) is 6.42 Å². The van der Waals surface area contributed by atoms with E-state index in [1.54, 1.807) is 0 Å². The third kappa shape index (κ3) is 6.10. The van der Waals surface area contributed by atoms with Crippen LogP contribution in [0.25, 0.3) is 40.5 Å². The molecule has 0 atom stereocenters. The Morgan fingerprint density at radius 3 is 1.49 bits per heavy atom. The van der Waals surface area contributed by atoms with Crippen molar-refractivity contribution in [3.63, 3.8) is 0 Å². The Kier molecular flexibility index (Phi) is 7.07. The summed E-state index contributed by atoms with van der Waals surface area (Å²) in [5, 5.41) is 0. The highest BCUT2D eigenvalue weighted by Gasteiger charge is 1.98. The summed E-state index contributed by atoms with van der Waals surface area (Å²) in [6, 6.07) is 42.4. The Bertz CT molecular complexity index is 1390. The topological polar surface area (TPSA) is 12.9 Å². The SMILES string of the molecule is C(=Cc1ccc(-c2ccccc2)cc1)Cc1ccc(C=Cc2ccc(-c3ccccc3)cc2)nc1. The zero-order chi connectivity index (χ0) is 23.7. The van der Waals surface area contributed by atoms with Crippen LogP contribution >= 0.6 is 0 Å². The second kappa shape index (κ2) is 11.1. The van der Waals surface area contributed by atoms with E-state index >= 15 is 0 Å². The van der Waals surface area contributed by atoms with Crippen molar-refractivity contribution in [3.8, 4) is 22.3 Å². The van der Waals surface area contributed by atoms with Gasteiger partial charge in [-0.1, -0.05) is 133 Å². The lowest BCUT2D eigenvalue weighted by Crippen LogP contribution is -1.86. The van der Waals surface area contributed by atoms with Crippen molar-refractivity contribution in [1.82, 2.24) is 4.98 Å². The molecule has 1 aromatic heterocycles. The molecule has 0 fully saturated rings. The standard InChI is InChI=1S/C34H27N/c1-3-10-30(11-4-1)32-20-14-27(15-21-32)8-7-9-29-19-25-34(35-26-29)24-18-28-16-22-33(23-17-28)31-12-5-2-6-13-31/h1-8,10-26H,9H2. The summed E-state index contributed by atoms with van der Waals surface area (Å²) in [5.74, 6) is 0. The molecular weight excluding hydrogens is 422 g/mol. The molecule has 1 heteroatoms. The van der Waals surface area contributed by atoms with Crippen LogP contribution in [0.15, 0.2) is 134 Å². The number of hydrogen-bond acceptors (Lipinski definition) is 1. The predicted molar refractivity (Wildman–Crippen MR) is 150 cm³/mol. The number of pyridine rings is 1. The lowest BCUT2D eigenvalue weighted by molar-refractivity contribution is 1.18. The molecule has 35 heavy (non-hydrogen) atoms. The van der Waals surface area contributed by atoms with E-state index in [4.69, 9.17) is 0 Å². The summed E-state index contributed by atoms with van der Waals surface area (Å²) in [4.78, 5) is 4.61. The number of rotatable bonds is 7. The number of hydrogen-bond donors (Lipinski definition) is 0. The second-order valence-electron chi connectivity index (χ2n) is 8.51. The summed E-state index contributed by atoms with van der Waals surface area (Å²) in [6.45, 7) is 0. The Morgan fingerprint density at radius 2 is 0.971 bits per heavy atom. The van der Waals surface area contributed by atoms with Gasteiger partial charge in [0.2, 0.25) is 0 Å². The van der Waals surface area contributed by atoms with Crippen LogP contribution in [0.5, 0.6) is 0 Å². The quantitative estimate of drug-likeness (QED) is 0.242. The number of aromatic nitrogens is 1. The van der Waals surface area contributed by atoms with Gasteiger partial charge in [-0.25, -0.2) is 0 Å². The predicted octanol–water partition coefficient (Wildman–Crippen LogP) is 8.84. The number of nitrogens with zero attached hydrogens (tertiary/aromatic N) is 1. The molecule has 0 saturated carbocycles. The van der Waals surface area contributed by atoms with Crippen LogP contribution < -0.4 is 0 Å². The Hall–Kier alpha value is -4.49. The molecule has 5 aromatic rings. The van der Waals surface area contributed by atoms with E-state index in [0.717, 1.165) is 17.7 Å². The van der Waals surface area contributed by atoms with Crippen LogP contribution in [0.2, 0.25) is 0 Å². The molecule has 4 aromatic carbocycles. The van der Waals surface area contributed by atoms with E-state index in [0.29, 0.717) is 0 Å². The first-order valence-corrected chi connectivity index (χ1v) is 11.9. The van der Waals surface area contributed by atoms with Crippen LogP contribution in [0.4, 0.5) is 0 Å². The summed E-state index contributed by atoms with van der Waals surface area (Å²) in [7, 11) is 0. The van der Waals surface area contributed by atoms with Crippen molar-refractivity contribution in [2.75, 3.05) is 0 Å². The zero-order valence-electron chi connectivity index (χ0n) is 19.6. The Labute approximate surface area is 207 Å². The maximum atomic E-state index is 4.61. The lowest BCUT2D eigenvalue weighted by atomic mass is 10.0. The number of benzene rings is 4. The molecular formula is C34H27N. The van der Waals surface area contributed by atoms with Crippen molar-refractivity contribution < 1.29 is 0 Å². The summed E-state index contributed by atoms with van der Waals surface area (Å²) < 4.78 is 0. The molecule has 0 saturated heterocycles. The van der Waals surface area contributed by atoms with Gasteiger partial charge >= 0.3 is 0 Å². The highest BCUT2D eigenvalue weighted by Crippen LogP contribution is 2.21. The van der Waals surface area contributed by atoms with E-state index in [2.05, 4.69) is 138 Å². The average molecular weight is 450 g/mol. The molecule has 0 aliphatic heterocycles. The summed E-state index contributed by atoms with van der Waals surface area (Å²) >= 11 is 0. The average Bonchev–Trinajstić information content (AvgIpc) is 2.94. The summed E-state index contributed by atoms with van der Waals surface area (Å²) in [6.07, 6.45) is 11.3. The molecule has 0 amide bonds. The van der Waals surface area contributed by atoms with E-state index in [9.17, 15) is 0 Å². The highest BCUT2D eigenvalue weighted by atomic mass is 14.7. The van der Waals surface area contributed by atoms with Crippen molar-refractivity contribution >= 4 is 18.2 Å². The van der Waals surface area contributed by atoms with E-state index in [1.165, 1.54) is 33.4 Å². The van der Waals surface area contributed by atoms with Crippen molar-refractivity contribution in [1.29, 1.82) is 0 Å². The molecule has 0 spiro atoms. The largest absolute Gasteiger partial charge is 0.257 e. The van der Waals surface area contributed by atoms with E-state index < -0.39 is 0 Å². The normalized spacial score (nSPS) is 11.3. The van der Waals surface area contributed by atoms with Crippen LogP contribution in [-0.4, -0.2) is 4.98 Å². The molecule has 1 heterocycles. The Balaban J connectivity index is 1.16. The van der Waals surface area contributed by atoms with Gasteiger partial charge in [0, 0.05) is 6.20 Å². The fourth-order valence-electron chi connectivity index (χ4n) is 4.00. The molecule has 0 unspecified atom stereocenters. The molecule has 5 rings (SSSR count). The second-order valence-corrected chi connectivity index (χ2v) is 8.51. The maximum absolute atomic E-state index is 4.61. The van der Waals surface area contributed by atoms with E-state index in [1.807, 2.05) is 18.3 Å². The number of allylic oxidation sites excluding steroid dienone is 1. The van der Waals surface area contributed by atoms with Gasteiger partial charge in [-0.2, -0.15) is 0 Å². The van der Waals surface area contributed by atoms with Crippen molar-refractivity contribution in [2.24, 2.45) is 0 Å². The smallest absolute Gasteiger partial charge is 0.0630 e. The first-order chi connectivity index (χ1) is 17.3. The first-order valence-electron chi connectivity index (χ1n) is 11.9. The molecule has 0 N–H and O–H groups in total. The van der Waals surface area contributed by atoms with Crippen LogP contribution in [0, 0.1) is 0 Å². The molecule has 0 radical (unpaired) electrons. The summed E-state index contributed by atoms with van der Waals surface area (Å²) in [5.41, 5.74) is 9.47. The first kappa shape index (κ1) is 22.3. The van der Waals surface area contributed by atoms with Crippen molar-refractivity contribution in [3.05, 3.63) is 156 Å². The fourth-order valence-corrected chi connectivity index (χ4v) is 4.00. The zero-order valence-corrected chi connectivity index (χ0v) is 19.6.